The van der Waals surface area contributed by atoms with E-state index in [1.54, 1.807) is 0 Å². The van der Waals surface area contributed by atoms with Crippen molar-refractivity contribution in [3.8, 4) is 0 Å². The van der Waals surface area contributed by atoms with Crippen LogP contribution in [-0.4, -0.2) is 10.00 Å². The Hall–Kier alpha value is 0.310. The summed E-state index contributed by atoms with van der Waals surface area (Å²) in [6.07, 6.45) is 7.88. The Kier molecular flexibility index (Phi) is 4.32. The minimum atomic E-state index is 0.368. The smallest absolute Gasteiger partial charge is 0.0270 e. The summed E-state index contributed by atoms with van der Waals surface area (Å²) < 4.78 is 1.59. The van der Waals surface area contributed by atoms with E-state index in [9.17, 15) is 0 Å². The first-order valence-electron chi connectivity index (χ1n) is 5.13. The summed E-state index contributed by atoms with van der Waals surface area (Å²) >= 11 is 5.57. The molecule has 1 unspecified atom stereocenters. The molecular formula is C12H19BrS. The van der Waals surface area contributed by atoms with E-state index >= 15 is 0 Å². The summed E-state index contributed by atoms with van der Waals surface area (Å²) in [5.41, 5.74) is 0. The van der Waals surface area contributed by atoms with Crippen molar-refractivity contribution >= 4 is 27.7 Å². The molecule has 1 aliphatic carbocycles. The van der Waals surface area contributed by atoms with E-state index in [1.165, 1.54) is 4.48 Å². The van der Waals surface area contributed by atoms with E-state index in [2.05, 4.69) is 73.6 Å². The number of hydrogen-bond acceptors (Lipinski definition) is 1. The van der Waals surface area contributed by atoms with E-state index < -0.39 is 0 Å². The van der Waals surface area contributed by atoms with Crippen LogP contribution in [0.3, 0.4) is 0 Å². The van der Waals surface area contributed by atoms with Crippen LogP contribution < -0.4 is 0 Å². The molecule has 0 nitrogen and oxygen atoms in total. The molecule has 80 valence electrons. The topological polar surface area (TPSA) is 0 Å². The fourth-order valence-electron chi connectivity index (χ4n) is 1.19. The number of allylic oxidation sites excluding steroid dienone is 3. The second kappa shape index (κ2) is 4.89. The van der Waals surface area contributed by atoms with Gasteiger partial charge in [0, 0.05) is 14.5 Å². The molecule has 0 aromatic rings. The fourth-order valence-corrected chi connectivity index (χ4v) is 2.93. The van der Waals surface area contributed by atoms with Crippen molar-refractivity contribution in [1.82, 2.24) is 0 Å². The third-order valence-electron chi connectivity index (χ3n) is 2.86. The van der Waals surface area contributed by atoms with Gasteiger partial charge in [0.2, 0.25) is 0 Å². The lowest BCUT2D eigenvalue weighted by atomic mass is 10.00. The lowest BCUT2D eigenvalue weighted by molar-refractivity contribution is 0.502. The second-order valence-electron chi connectivity index (χ2n) is 4.60. The van der Waals surface area contributed by atoms with E-state index in [0.717, 1.165) is 12.3 Å². The number of halogens is 1. The quantitative estimate of drug-likeness (QED) is 0.715. The van der Waals surface area contributed by atoms with Crippen molar-refractivity contribution in [3.05, 3.63) is 22.7 Å². The van der Waals surface area contributed by atoms with Gasteiger partial charge in [0.25, 0.3) is 0 Å². The Morgan fingerprint density at radius 1 is 1.50 bits per heavy atom. The normalized spacial score (nSPS) is 22.7. The first kappa shape index (κ1) is 12.4. The van der Waals surface area contributed by atoms with Crippen molar-refractivity contribution in [1.29, 1.82) is 0 Å². The summed E-state index contributed by atoms with van der Waals surface area (Å²) in [5, 5.41) is 0.647. The molecule has 0 saturated carbocycles. The molecule has 2 heteroatoms. The zero-order chi connectivity index (χ0) is 10.8. The predicted octanol–water partition coefficient (Wildman–Crippen LogP) is 4.76. The molecule has 0 aromatic carbocycles. The van der Waals surface area contributed by atoms with Crippen molar-refractivity contribution in [3.63, 3.8) is 0 Å². The highest BCUT2D eigenvalue weighted by Crippen LogP contribution is 2.38. The van der Waals surface area contributed by atoms with Crippen LogP contribution in [0.1, 0.15) is 34.1 Å². The second-order valence-corrected chi connectivity index (χ2v) is 7.41. The maximum absolute atomic E-state index is 3.49. The Morgan fingerprint density at radius 3 is 2.57 bits per heavy atom. The van der Waals surface area contributed by atoms with Crippen LogP contribution in [0.5, 0.6) is 0 Å². The summed E-state index contributed by atoms with van der Waals surface area (Å²) in [6, 6.07) is 0. The monoisotopic (exact) mass is 274 g/mol. The van der Waals surface area contributed by atoms with Gasteiger partial charge < -0.3 is 0 Å². The molecule has 0 amide bonds. The molecule has 0 heterocycles. The lowest BCUT2D eigenvalue weighted by Crippen LogP contribution is -2.26. The number of thioether (sulfide) groups is 1. The third kappa shape index (κ3) is 3.47. The Balaban J connectivity index is 2.51. The maximum atomic E-state index is 3.49. The van der Waals surface area contributed by atoms with Crippen molar-refractivity contribution < 1.29 is 0 Å². The number of hydrogen-bond donors (Lipinski definition) is 0. The van der Waals surface area contributed by atoms with Gasteiger partial charge in [-0.2, -0.15) is 0 Å². The van der Waals surface area contributed by atoms with Gasteiger partial charge in [0.1, 0.15) is 0 Å². The average Bonchev–Trinajstić information content (AvgIpc) is 2.08. The Morgan fingerprint density at radius 2 is 2.14 bits per heavy atom. The standard InChI is InChI=1S/C12H19BrS/c1-9(2)12(3,4)14-11-7-5-10(13)6-8-11/h5-7,9,11H,8H2,1-4H3. The molecule has 0 spiro atoms. The van der Waals surface area contributed by atoms with Gasteiger partial charge in [-0.25, -0.2) is 0 Å². The summed E-state index contributed by atoms with van der Waals surface area (Å²) in [4.78, 5) is 0. The van der Waals surface area contributed by atoms with Crippen LogP contribution in [-0.2, 0) is 0 Å². The first-order valence-corrected chi connectivity index (χ1v) is 6.81. The third-order valence-corrected chi connectivity index (χ3v) is 5.18. The first-order chi connectivity index (χ1) is 6.42. The molecule has 0 N–H and O–H groups in total. The van der Waals surface area contributed by atoms with Gasteiger partial charge in [-0.3, -0.25) is 0 Å². The minimum absolute atomic E-state index is 0.368. The lowest BCUT2D eigenvalue weighted by Gasteiger charge is -2.32. The SMILES string of the molecule is CC(C)C(C)(C)SC1C=CC(Br)=CC1. The van der Waals surface area contributed by atoms with Gasteiger partial charge in [0.05, 0.1) is 0 Å². The molecule has 0 radical (unpaired) electrons. The summed E-state index contributed by atoms with van der Waals surface area (Å²) in [7, 11) is 0. The van der Waals surface area contributed by atoms with Crippen LogP contribution in [0.25, 0.3) is 0 Å². The van der Waals surface area contributed by atoms with E-state index in [4.69, 9.17) is 0 Å². The average molecular weight is 275 g/mol. The van der Waals surface area contributed by atoms with Gasteiger partial charge in [-0.05, 0) is 12.3 Å². The van der Waals surface area contributed by atoms with Crippen LogP contribution in [0.4, 0.5) is 0 Å². The van der Waals surface area contributed by atoms with Crippen molar-refractivity contribution in [2.75, 3.05) is 0 Å². The number of rotatable bonds is 3. The van der Waals surface area contributed by atoms with E-state index in [1.807, 2.05) is 0 Å². The van der Waals surface area contributed by atoms with E-state index in [0.29, 0.717) is 10.00 Å². The molecular weight excluding hydrogens is 256 g/mol. The largest absolute Gasteiger partial charge is 0.148 e. The van der Waals surface area contributed by atoms with Crippen LogP contribution in [0.15, 0.2) is 22.7 Å². The zero-order valence-electron chi connectivity index (χ0n) is 9.38. The molecule has 14 heavy (non-hydrogen) atoms. The summed E-state index contributed by atoms with van der Waals surface area (Å²) in [5.74, 6) is 0.718. The van der Waals surface area contributed by atoms with Gasteiger partial charge >= 0.3 is 0 Å². The van der Waals surface area contributed by atoms with Gasteiger partial charge in [-0.1, -0.05) is 61.9 Å². The van der Waals surface area contributed by atoms with Crippen LogP contribution in [0, 0.1) is 5.92 Å². The fraction of sp³-hybridized carbons (Fsp3) is 0.667. The van der Waals surface area contributed by atoms with Crippen LogP contribution in [0.2, 0.25) is 0 Å². The molecule has 0 aromatic heterocycles. The maximum Gasteiger partial charge on any atom is 0.0270 e. The highest BCUT2D eigenvalue weighted by atomic mass is 79.9. The van der Waals surface area contributed by atoms with Gasteiger partial charge in [-0.15, -0.1) is 11.8 Å². The molecule has 0 fully saturated rings. The Labute approximate surface area is 100 Å². The molecule has 0 aliphatic heterocycles. The highest BCUT2D eigenvalue weighted by molar-refractivity contribution is 9.11. The molecule has 0 saturated heterocycles. The van der Waals surface area contributed by atoms with Crippen molar-refractivity contribution in [2.45, 2.75) is 44.1 Å². The van der Waals surface area contributed by atoms with Crippen molar-refractivity contribution in [2.24, 2.45) is 5.92 Å². The Bertz CT molecular complexity index is 251. The minimum Gasteiger partial charge on any atom is -0.148 e. The predicted molar refractivity (Wildman–Crippen MR) is 71.1 cm³/mol. The molecule has 1 aliphatic rings. The molecule has 1 rings (SSSR count). The molecule has 0 bridgehead atoms. The summed E-state index contributed by atoms with van der Waals surface area (Å²) in [6.45, 7) is 9.27. The van der Waals surface area contributed by atoms with Crippen LogP contribution >= 0.6 is 27.7 Å². The highest BCUT2D eigenvalue weighted by Gasteiger charge is 2.26. The zero-order valence-corrected chi connectivity index (χ0v) is 11.8. The van der Waals surface area contributed by atoms with Gasteiger partial charge in [0.15, 0.2) is 0 Å². The molecule has 1 atom stereocenters. The van der Waals surface area contributed by atoms with E-state index in [-0.39, 0.29) is 0 Å².